The standard InChI is InChI=1S/C8H17NO/c1-8(9(2,3)10)6-4-5-7-8/h4-7H2,1-3H3. The number of nitrogens with zero attached hydrogens (tertiary/aromatic N) is 1. The van der Waals surface area contributed by atoms with Crippen molar-refractivity contribution in [3.8, 4) is 0 Å². The summed E-state index contributed by atoms with van der Waals surface area (Å²) in [7, 11) is 3.51. The molecule has 0 saturated heterocycles. The first-order valence-corrected chi connectivity index (χ1v) is 4.01. The zero-order chi connectivity index (χ0) is 7.83. The maximum atomic E-state index is 11.6. The summed E-state index contributed by atoms with van der Waals surface area (Å²) in [6, 6.07) is 0. The van der Waals surface area contributed by atoms with Crippen molar-refractivity contribution in [1.82, 2.24) is 0 Å². The molecule has 0 N–H and O–H groups in total. The lowest BCUT2D eigenvalue weighted by Gasteiger charge is -2.48. The third-order valence-electron chi connectivity index (χ3n) is 2.98. The van der Waals surface area contributed by atoms with Gasteiger partial charge in [-0.25, -0.2) is 0 Å². The van der Waals surface area contributed by atoms with E-state index >= 15 is 0 Å². The van der Waals surface area contributed by atoms with Crippen molar-refractivity contribution in [3.63, 3.8) is 0 Å². The predicted molar refractivity (Wildman–Crippen MR) is 42.3 cm³/mol. The highest BCUT2D eigenvalue weighted by molar-refractivity contribution is 4.81. The summed E-state index contributed by atoms with van der Waals surface area (Å²) in [6.07, 6.45) is 4.67. The van der Waals surface area contributed by atoms with E-state index in [0.717, 1.165) is 12.8 Å². The molecule has 60 valence electrons. The van der Waals surface area contributed by atoms with Gasteiger partial charge in [-0.15, -0.1) is 0 Å². The smallest absolute Gasteiger partial charge is 0.0957 e. The van der Waals surface area contributed by atoms with Crippen molar-refractivity contribution in [1.29, 1.82) is 0 Å². The third-order valence-corrected chi connectivity index (χ3v) is 2.98. The fourth-order valence-corrected chi connectivity index (χ4v) is 1.68. The third kappa shape index (κ3) is 1.18. The normalized spacial score (nSPS) is 25.2. The second-order valence-corrected chi connectivity index (χ2v) is 4.05. The molecule has 0 aromatic carbocycles. The van der Waals surface area contributed by atoms with Gasteiger partial charge < -0.3 is 9.85 Å². The van der Waals surface area contributed by atoms with E-state index in [1.54, 1.807) is 14.1 Å². The SMILES string of the molecule is CC1([N+](C)(C)[O-])CCCC1. The molecule has 0 atom stereocenters. The highest BCUT2D eigenvalue weighted by atomic mass is 16.5. The van der Waals surface area contributed by atoms with Gasteiger partial charge in [0.05, 0.1) is 19.6 Å². The van der Waals surface area contributed by atoms with Gasteiger partial charge >= 0.3 is 0 Å². The zero-order valence-electron chi connectivity index (χ0n) is 7.18. The van der Waals surface area contributed by atoms with Gasteiger partial charge in [0.1, 0.15) is 0 Å². The van der Waals surface area contributed by atoms with E-state index < -0.39 is 0 Å². The van der Waals surface area contributed by atoms with Crippen LogP contribution in [-0.4, -0.2) is 24.3 Å². The van der Waals surface area contributed by atoms with Crippen LogP contribution in [0.15, 0.2) is 0 Å². The van der Waals surface area contributed by atoms with Crippen LogP contribution in [0.5, 0.6) is 0 Å². The quantitative estimate of drug-likeness (QED) is 0.406. The van der Waals surface area contributed by atoms with Gasteiger partial charge in [0.2, 0.25) is 0 Å². The van der Waals surface area contributed by atoms with Crippen LogP contribution in [0.2, 0.25) is 0 Å². The summed E-state index contributed by atoms with van der Waals surface area (Å²) in [5.74, 6) is 0. The summed E-state index contributed by atoms with van der Waals surface area (Å²) in [5, 5.41) is 11.6. The highest BCUT2D eigenvalue weighted by Crippen LogP contribution is 2.36. The Morgan fingerprint density at radius 3 is 1.80 bits per heavy atom. The maximum Gasteiger partial charge on any atom is 0.0957 e. The second-order valence-electron chi connectivity index (χ2n) is 4.05. The van der Waals surface area contributed by atoms with E-state index in [4.69, 9.17) is 0 Å². The summed E-state index contributed by atoms with van der Waals surface area (Å²) < 4.78 is -0.118. The Morgan fingerprint density at radius 1 is 1.20 bits per heavy atom. The van der Waals surface area contributed by atoms with E-state index in [9.17, 15) is 5.21 Å². The summed E-state index contributed by atoms with van der Waals surface area (Å²) in [5.41, 5.74) is 0.0139. The molecule has 0 aromatic heterocycles. The molecule has 0 spiro atoms. The minimum atomic E-state index is -0.118. The number of hydrogen-bond acceptors (Lipinski definition) is 1. The van der Waals surface area contributed by atoms with Crippen molar-refractivity contribution >= 4 is 0 Å². The summed E-state index contributed by atoms with van der Waals surface area (Å²) in [6.45, 7) is 2.10. The number of hydroxylamine groups is 3. The van der Waals surface area contributed by atoms with Crippen LogP contribution in [0.1, 0.15) is 32.6 Å². The Bertz CT molecular complexity index is 120. The van der Waals surface area contributed by atoms with E-state index in [1.165, 1.54) is 12.8 Å². The van der Waals surface area contributed by atoms with E-state index in [1.807, 2.05) is 0 Å². The molecule has 0 bridgehead atoms. The minimum Gasteiger partial charge on any atom is -0.633 e. The summed E-state index contributed by atoms with van der Waals surface area (Å²) >= 11 is 0. The molecule has 0 amide bonds. The predicted octanol–water partition coefficient (Wildman–Crippen LogP) is 1.89. The van der Waals surface area contributed by atoms with Crippen LogP contribution >= 0.6 is 0 Å². The molecule has 1 aliphatic rings. The molecule has 1 rings (SSSR count). The molecule has 0 radical (unpaired) electrons. The molecule has 2 nitrogen and oxygen atoms in total. The fourth-order valence-electron chi connectivity index (χ4n) is 1.68. The molecular weight excluding hydrogens is 126 g/mol. The van der Waals surface area contributed by atoms with Gasteiger partial charge in [0.25, 0.3) is 0 Å². The number of quaternary nitrogens is 1. The molecule has 10 heavy (non-hydrogen) atoms. The fraction of sp³-hybridized carbons (Fsp3) is 1.00. The van der Waals surface area contributed by atoms with Crippen LogP contribution in [0.25, 0.3) is 0 Å². The van der Waals surface area contributed by atoms with Gasteiger partial charge in [0, 0.05) is 12.8 Å². The Morgan fingerprint density at radius 2 is 1.60 bits per heavy atom. The van der Waals surface area contributed by atoms with Gasteiger partial charge in [-0.3, -0.25) is 0 Å². The van der Waals surface area contributed by atoms with Gasteiger partial charge in [0.15, 0.2) is 0 Å². The Labute approximate surface area is 63.0 Å². The van der Waals surface area contributed by atoms with Gasteiger partial charge in [-0.05, 0) is 19.8 Å². The second kappa shape index (κ2) is 2.21. The van der Waals surface area contributed by atoms with Crippen LogP contribution in [-0.2, 0) is 0 Å². The first-order valence-electron chi connectivity index (χ1n) is 4.01. The van der Waals surface area contributed by atoms with Crippen LogP contribution in [0.3, 0.4) is 0 Å². The Kier molecular flexibility index (Phi) is 1.77. The topological polar surface area (TPSA) is 23.1 Å². The van der Waals surface area contributed by atoms with Crippen molar-refractivity contribution in [2.24, 2.45) is 0 Å². The van der Waals surface area contributed by atoms with Crippen molar-refractivity contribution < 1.29 is 4.65 Å². The van der Waals surface area contributed by atoms with Gasteiger partial charge in [-0.2, -0.15) is 0 Å². The lowest BCUT2D eigenvalue weighted by atomic mass is 9.99. The van der Waals surface area contributed by atoms with Gasteiger partial charge in [-0.1, -0.05) is 0 Å². The van der Waals surface area contributed by atoms with Crippen molar-refractivity contribution in [2.45, 2.75) is 38.1 Å². The zero-order valence-corrected chi connectivity index (χ0v) is 7.18. The first-order chi connectivity index (χ1) is 4.46. The van der Waals surface area contributed by atoms with Crippen molar-refractivity contribution in [3.05, 3.63) is 5.21 Å². The molecule has 0 aliphatic heterocycles. The van der Waals surface area contributed by atoms with Crippen LogP contribution < -0.4 is 0 Å². The molecule has 1 fully saturated rings. The molecule has 2 heteroatoms. The molecule has 0 unspecified atom stereocenters. The average Bonchev–Trinajstić information content (AvgIpc) is 2.13. The average molecular weight is 143 g/mol. The monoisotopic (exact) mass is 143 g/mol. The minimum absolute atomic E-state index is 0.0139. The molecule has 0 heterocycles. The number of rotatable bonds is 1. The Balaban J connectivity index is 2.67. The molecule has 1 saturated carbocycles. The summed E-state index contributed by atoms with van der Waals surface area (Å²) in [4.78, 5) is 0. The number of hydrogen-bond donors (Lipinski definition) is 0. The van der Waals surface area contributed by atoms with Crippen molar-refractivity contribution in [2.75, 3.05) is 14.1 Å². The maximum absolute atomic E-state index is 11.6. The highest BCUT2D eigenvalue weighted by Gasteiger charge is 2.38. The van der Waals surface area contributed by atoms with E-state index in [2.05, 4.69) is 6.92 Å². The Hall–Kier alpha value is -0.0800. The van der Waals surface area contributed by atoms with E-state index in [0.29, 0.717) is 0 Å². The van der Waals surface area contributed by atoms with E-state index in [-0.39, 0.29) is 10.2 Å². The largest absolute Gasteiger partial charge is 0.633 e. The lowest BCUT2D eigenvalue weighted by molar-refractivity contribution is -0.892. The first kappa shape index (κ1) is 8.02. The molecule has 1 aliphatic carbocycles. The van der Waals surface area contributed by atoms with Crippen LogP contribution in [0, 0.1) is 5.21 Å². The molecule has 0 aromatic rings. The van der Waals surface area contributed by atoms with Crippen LogP contribution in [0.4, 0.5) is 0 Å². The molecular formula is C8H17NO. The lowest BCUT2D eigenvalue weighted by Crippen LogP contribution is -2.51.